The molecule has 6 heteroatoms. The molecule has 102 valence electrons. The van der Waals surface area contributed by atoms with Crippen LogP contribution in [0.3, 0.4) is 0 Å². The van der Waals surface area contributed by atoms with Gasteiger partial charge in [-0.2, -0.15) is 10.2 Å². The molecule has 6 nitrogen and oxygen atoms in total. The maximum Gasteiger partial charge on any atom is 0.181 e. The van der Waals surface area contributed by atoms with Crippen LogP contribution < -0.4 is 0 Å². The zero-order valence-electron chi connectivity index (χ0n) is 11.2. The lowest BCUT2D eigenvalue weighted by atomic mass is 10.0. The van der Waals surface area contributed by atoms with Crippen molar-refractivity contribution in [2.24, 2.45) is 0 Å². The molecular formula is C14H15N5O. The zero-order valence-corrected chi connectivity index (χ0v) is 11.2. The molecule has 0 spiro atoms. The van der Waals surface area contributed by atoms with Crippen LogP contribution in [-0.4, -0.2) is 37.6 Å². The number of rotatable bonds is 2. The summed E-state index contributed by atoms with van der Waals surface area (Å²) in [5.74, 6) is 0.459. The van der Waals surface area contributed by atoms with Crippen molar-refractivity contribution in [1.82, 2.24) is 24.4 Å². The minimum Gasteiger partial charge on any atom is -0.381 e. The van der Waals surface area contributed by atoms with Gasteiger partial charge in [0.15, 0.2) is 5.65 Å². The van der Waals surface area contributed by atoms with Gasteiger partial charge in [0.2, 0.25) is 0 Å². The Bertz CT molecular complexity index is 754. The molecule has 1 saturated heterocycles. The van der Waals surface area contributed by atoms with Crippen molar-refractivity contribution < 1.29 is 4.74 Å². The van der Waals surface area contributed by atoms with E-state index in [0.717, 1.165) is 36.7 Å². The van der Waals surface area contributed by atoms with E-state index in [1.54, 1.807) is 10.7 Å². The first kappa shape index (κ1) is 11.6. The predicted molar refractivity (Wildman–Crippen MR) is 73.0 cm³/mol. The molecule has 0 amide bonds. The average Bonchev–Trinajstić information content (AvgIpc) is 3.17. The molecule has 1 aliphatic rings. The summed E-state index contributed by atoms with van der Waals surface area (Å²) in [6, 6.07) is 1.94. The number of hydrogen-bond acceptors (Lipinski definition) is 4. The zero-order chi connectivity index (χ0) is 13.5. The summed E-state index contributed by atoms with van der Waals surface area (Å²) in [7, 11) is 0. The molecule has 0 aromatic carbocycles. The summed E-state index contributed by atoms with van der Waals surface area (Å²) >= 11 is 0. The van der Waals surface area contributed by atoms with E-state index in [0.29, 0.717) is 5.92 Å². The molecule has 0 N–H and O–H groups in total. The van der Waals surface area contributed by atoms with Crippen LogP contribution in [0.4, 0.5) is 0 Å². The summed E-state index contributed by atoms with van der Waals surface area (Å²) < 4.78 is 9.05. The molecule has 20 heavy (non-hydrogen) atoms. The standard InChI is InChI=1S/C14H15N5O/c1-10-2-4-18-14(17-10)13(7-16-18)19-8-12(6-15-19)11-3-5-20-9-11/h2,4,6-8,11H,3,5,9H2,1H3. The first-order valence-electron chi connectivity index (χ1n) is 6.75. The number of nitrogens with zero attached hydrogens (tertiary/aromatic N) is 5. The molecule has 3 aromatic heterocycles. The molecule has 0 radical (unpaired) electrons. The fraction of sp³-hybridized carbons (Fsp3) is 0.357. The molecule has 1 unspecified atom stereocenters. The third-order valence-corrected chi connectivity index (χ3v) is 3.74. The minimum atomic E-state index is 0.459. The summed E-state index contributed by atoms with van der Waals surface area (Å²) in [4.78, 5) is 4.53. The number of fused-ring (bicyclic) bond motifs is 1. The fourth-order valence-electron chi connectivity index (χ4n) is 2.59. The van der Waals surface area contributed by atoms with Gasteiger partial charge in [-0.25, -0.2) is 14.2 Å². The second-order valence-electron chi connectivity index (χ2n) is 5.15. The van der Waals surface area contributed by atoms with Crippen LogP contribution in [-0.2, 0) is 4.74 Å². The van der Waals surface area contributed by atoms with Crippen molar-refractivity contribution in [2.45, 2.75) is 19.3 Å². The van der Waals surface area contributed by atoms with E-state index in [1.807, 2.05) is 30.1 Å². The number of aromatic nitrogens is 5. The normalized spacial score (nSPS) is 18.9. The monoisotopic (exact) mass is 269 g/mol. The first-order valence-corrected chi connectivity index (χ1v) is 6.75. The van der Waals surface area contributed by atoms with Crippen molar-refractivity contribution in [1.29, 1.82) is 0 Å². The molecule has 1 fully saturated rings. The third-order valence-electron chi connectivity index (χ3n) is 3.74. The molecule has 1 aliphatic heterocycles. The van der Waals surface area contributed by atoms with Crippen molar-refractivity contribution in [2.75, 3.05) is 13.2 Å². The highest BCUT2D eigenvalue weighted by Crippen LogP contribution is 2.25. The summed E-state index contributed by atoms with van der Waals surface area (Å²) in [6.07, 6.45) is 8.75. The smallest absolute Gasteiger partial charge is 0.181 e. The Kier molecular flexibility index (Phi) is 2.56. The summed E-state index contributed by atoms with van der Waals surface area (Å²) in [6.45, 7) is 3.60. The van der Waals surface area contributed by atoms with Crippen LogP contribution in [0.25, 0.3) is 11.3 Å². The summed E-state index contributed by atoms with van der Waals surface area (Å²) in [5.41, 5.74) is 3.91. The second kappa shape index (κ2) is 4.42. The number of ether oxygens (including phenoxy) is 1. The van der Waals surface area contributed by atoms with Crippen LogP contribution in [0.2, 0.25) is 0 Å². The van der Waals surface area contributed by atoms with Gasteiger partial charge in [-0.3, -0.25) is 0 Å². The summed E-state index contributed by atoms with van der Waals surface area (Å²) in [5, 5.41) is 8.76. The van der Waals surface area contributed by atoms with Gasteiger partial charge in [0.1, 0.15) is 5.69 Å². The molecule has 4 heterocycles. The number of aryl methyl sites for hydroxylation is 1. The van der Waals surface area contributed by atoms with Crippen LogP contribution in [0, 0.1) is 6.92 Å². The van der Waals surface area contributed by atoms with E-state index >= 15 is 0 Å². The molecule has 1 atom stereocenters. The Morgan fingerprint density at radius 3 is 3.10 bits per heavy atom. The third kappa shape index (κ3) is 1.80. The molecule has 4 rings (SSSR count). The van der Waals surface area contributed by atoms with Crippen molar-refractivity contribution >= 4 is 5.65 Å². The van der Waals surface area contributed by atoms with E-state index in [-0.39, 0.29) is 0 Å². The highest BCUT2D eigenvalue weighted by Gasteiger charge is 2.20. The Morgan fingerprint density at radius 1 is 1.30 bits per heavy atom. The maximum absolute atomic E-state index is 5.43. The first-order chi connectivity index (χ1) is 9.81. The Hall–Kier alpha value is -2.21. The molecule has 0 saturated carbocycles. The van der Waals surface area contributed by atoms with Gasteiger partial charge < -0.3 is 4.74 Å². The van der Waals surface area contributed by atoms with Gasteiger partial charge >= 0.3 is 0 Å². The van der Waals surface area contributed by atoms with E-state index in [9.17, 15) is 0 Å². The average molecular weight is 269 g/mol. The van der Waals surface area contributed by atoms with Gasteiger partial charge in [-0.05, 0) is 25.0 Å². The fourth-order valence-corrected chi connectivity index (χ4v) is 2.59. The van der Waals surface area contributed by atoms with Gasteiger partial charge in [0.25, 0.3) is 0 Å². The van der Waals surface area contributed by atoms with Gasteiger partial charge in [-0.15, -0.1) is 0 Å². The van der Waals surface area contributed by atoms with Crippen molar-refractivity contribution in [3.8, 4) is 5.69 Å². The van der Waals surface area contributed by atoms with Gasteiger partial charge in [0.05, 0.1) is 19.0 Å². The molecular weight excluding hydrogens is 254 g/mol. The lowest BCUT2D eigenvalue weighted by Crippen LogP contribution is -1.98. The van der Waals surface area contributed by atoms with E-state index < -0.39 is 0 Å². The number of hydrogen-bond donors (Lipinski definition) is 0. The lowest BCUT2D eigenvalue weighted by Gasteiger charge is -2.02. The largest absolute Gasteiger partial charge is 0.381 e. The van der Waals surface area contributed by atoms with Crippen LogP contribution in [0.1, 0.15) is 23.6 Å². The predicted octanol–water partition coefficient (Wildman–Crippen LogP) is 1.73. The molecule has 0 bridgehead atoms. The van der Waals surface area contributed by atoms with Crippen LogP contribution in [0.5, 0.6) is 0 Å². The van der Waals surface area contributed by atoms with Crippen molar-refractivity contribution in [3.05, 3.63) is 42.1 Å². The topological polar surface area (TPSA) is 57.2 Å². The van der Waals surface area contributed by atoms with E-state index in [4.69, 9.17) is 4.74 Å². The highest BCUT2D eigenvalue weighted by molar-refractivity contribution is 5.57. The molecule has 3 aromatic rings. The van der Waals surface area contributed by atoms with Gasteiger partial charge in [0, 0.05) is 30.6 Å². The Labute approximate surface area is 116 Å². The molecule has 0 aliphatic carbocycles. The van der Waals surface area contributed by atoms with Gasteiger partial charge in [-0.1, -0.05) is 0 Å². The van der Waals surface area contributed by atoms with Crippen LogP contribution in [0.15, 0.2) is 30.9 Å². The van der Waals surface area contributed by atoms with Crippen molar-refractivity contribution in [3.63, 3.8) is 0 Å². The Morgan fingerprint density at radius 2 is 2.25 bits per heavy atom. The van der Waals surface area contributed by atoms with E-state index in [1.165, 1.54) is 5.56 Å². The minimum absolute atomic E-state index is 0.459. The Balaban J connectivity index is 1.77. The SMILES string of the molecule is Cc1ccn2ncc(-n3cc(C4CCOC4)cn3)c2n1. The van der Waals surface area contributed by atoms with E-state index in [2.05, 4.69) is 21.4 Å². The maximum atomic E-state index is 5.43. The lowest BCUT2D eigenvalue weighted by molar-refractivity contribution is 0.194. The highest BCUT2D eigenvalue weighted by atomic mass is 16.5. The quantitative estimate of drug-likeness (QED) is 0.711. The van der Waals surface area contributed by atoms with Crippen LogP contribution >= 0.6 is 0 Å². The second-order valence-corrected chi connectivity index (χ2v) is 5.15.